The van der Waals surface area contributed by atoms with Gasteiger partial charge in [-0.3, -0.25) is 10.6 Å². The van der Waals surface area contributed by atoms with Crippen LogP contribution in [0.5, 0.6) is 0 Å². The molecule has 0 aromatic carbocycles. The molecule has 1 heterocycles. The molecule has 0 bridgehead atoms. The molecule has 1 fully saturated rings. The Morgan fingerprint density at radius 1 is 1.07 bits per heavy atom. The molecule has 2 heteroatoms. The molecule has 2 nitrogen and oxygen atoms in total. The van der Waals surface area contributed by atoms with E-state index in [1.54, 1.807) is 0 Å². The van der Waals surface area contributed by atoms with E-state index < -0.39 is 0 Å². The molecule has 0 saturated carbocycles. The van der Waals surface area contributed by atoms with Crippen molar-refractivity contribution in [2.24, 2.45) is 5.92 Å². The third kappa shape index (κ3) is 1.96. The lowest BCUT2D eigenvalue weighted by Gasteiger charge is -2.53. The van der Waals surface area contributed by atoms with Gasteiger partial charge in [-0.25, -0.2) is 0 Å². The molecule has 1 aliphatic heterocycles. The Hall–Kier alpha value is -0.0800. The molecular formula is C12H26N2. The van der Waals surface area contributed by atoms with Gasteiger partial charge in [0.1, 0.15) is 0 Å². The smallest absolute Gasteiger partial charge is 0.0661 e. The number of hydrogen-bond donors (Lipinski definition) is 2. The van der Waals surface area contributed by atoms with E-state index in [1.807, 2.05) is 0 Å². The van der Waals surface area contributed by atoms with Gasteiger partial charge < -0.3 is 0 Å². The lowest BCUT2D eigenvalue weighted by atomic mass is 9.76. The van der Waals surface area contributed by atoms with Crippen LogP contribution >= 0.6 is 0 Å². The zero-order valence-corrected chi connectivity index (χ0v) is 10.6. The SMILES string of the molecule is CCC1(C)NC(C)C(C)C(C)(CC)N1. The van der Waals surface area contributed by atoms with Crippen LogP contribution in [0.1, 0.15) is 54.4 Å². The zero-order valence-electron chi connectivity index (χ0n) is 10.6. The number of nitrogens with one attached hydrogen (secondary N) is 2. The first-order valence-electron chi connectivity index (χ1n) is 5.94. The number of rotatable bonds is 2. The normalized spacial score (nSPS) is 49.3. The van der Waals surface area contributed by atoms with Crippen LogP contribution in [0.25, 0.3) is 0 Å². The quantitative estimate of drug-likeness (QED) is 0.712. The minimum Gasteiger partial charge on any atom is -0.297 e. The van der Waals surface area contributed by atoms with Gasteiger partial charge in [-0.2, -0.15) is 0 Å². The second-order valence-corrected chi connectivity index (χ2v) is 5.30. The van der Waals surface area contributed by atoms with Crippen LogP contribution in [0.3, 0.4) is 0 Å². The largest absolute Gasteiger partial charge is 0.297 e. The second kappa shape index (κ2) is 3.82. The second-order valence-electron chi connectivity index (χ2n) is 5.30. The van der Waals surface area contributed by atoms with E-state index in [4.69, 9.17) is 0 Å². The highest BCUT2D eigenvalue weighted by atomic mass is 15.3. The van der Waals surface area contributed by atoms with Crippen molar-refractivity contribution in [3.05, 3.63) is 0 Å². The number of hydrogen-bond acceptors (Lipinski definition) is 2. The summed E-state index contributed by atoms with van der Waals surface area (Å²) in [6.07, 6.45) is 2.31. The Kier molecular flexibility index (Phi) is 3.27. The molecular weight excluding hydrogens is 172 g/mol. The van der Waals surface area contributed by atoms with Crippen molar-refractivity contribution in [3.8, 4) is 0 Å². The van der Waals surface area contributed by atoms with Gasteiger partial charge in [0.05, 0.1) is 5.66 Å². The Balaban J connectivity index is 2.87. The van der Waals surface area contributed by atoms with E-state index >= 15 is 0 Å². The fourth-order valence-electron chi connectivity index (χ4n) is 2.56. The molecule has 0 aromatic heterocycles. The van der Waals surface area contributed by atoms with Crippen molar-refractivity contribution >= 4 is 0 Å². The highest BCUT2D eigenvalue weighted by molar-refractivity contribution is 5.03. The lowest BCUT2D eigenvalue weighted by Crippen LogP contribution is -2.73. The maximum atomic E-state index is 3.77. The standard InChI is InChI=1S/C12H26N2/c1-7-11(5)9(3)10(4)13-12(6,8-2)14-11/h9-10,13-14H,7-8H2,1-6H3. The molecule has 1 saturated heterocycles. The molecule has 4 unspecified atom stereocenters. The Labute approximate surface area is 88.8 Å². The van der Waals surface area contributed by atoms with Crippen molar-refractivity contribution in [1.29, 1.82) is 0 Å². The first-order valence-corrected chi connectivity index (χ1v) is 5.94. The van der Waals surface area contributed by atoms with E-state index in [9.17, 15) is 0 Å². The van der Waals surface area contributed by atoms with Gasteiger partial charge in [0.15, 0.2) is 0 Å². The topological polar surface area (TPSA) is 24.1 Å². The van der Waals surface area contributed by atoms with Gasteiger partial charge in [0, 0.05) is 11.6 Å². The highest BCUT2D eigenvalue weighted by Crippen LogP contribution is 2.31. The highest BCUT2D eigenvalue weighted by Gasteiger charge is 2.43. The van der Waals surface area contributed by atoms with E-state index in [2.05, 4.69) is 52.2 Å². The predicted molar refractivity (Wildman–Crippen MR) is 62.3 cm³/mol. The first-order chi connectivity index (χ1) is 6.37. The molecule has 0 aliphatic carbocycles. The summed E-state index contributed by atoms with van der Waals surface area (Å²) in [5.41, 5.74) is 0.381. The van der Waals surface area contributed by atoms with Gasteiger partial charge >= 0.3 is 0 Å². The van der Waals surface area contributed by atoms with Crippen molar-refractivity contribution in [2.75, 3.05) is 0 Å². The van der Waals surface area contributed by atoms with Crippen molar-refractivity contribution in [3.63, 3.8) is 0 Å². The van der Waals surface area contributed by atoms with E-state index in [0.29, 0.717) is 12.0 Å². The average molecular weight is 198 g/mol. The summed E-state index contributed by atoms with van der Waals surface area (Å²) in [5, 5.41) is 7.45. The van der Waals surface area contributed by atoms with Crippen molar-refractivity contribution < 1.29 is 0 Å². The van der Waals surface area contributed by atoms with E-state index in [0.717, 1.165) is 6.42 Å². The van der Waals surface area contributed by atoms with Crippen LogP contribution in [-0.4, -0.2) is 17.2 Å². The van der Waals surface area contributed by atoms with E-state index in [1.165, 1.54) is 6.42 Å². The minimum atomic E-state index is 0.108. The molecule has 84 valence electrons. The molecule has 0 amide bonds. The summed E-state index contributed by atoms with van der Waals surface area (Å²) in [6.45, 7) is 13.8. The van der Waals surface area contributed by atoms with Crippen LogP contribution < -0.4 is 10.6 Å². The third-order valence-corrected chi connectivity index (χ3v) is 4.30. The van der Waals surface area contributed by atoms with Gasteiger partial charge in [-0.15, -0.1) is 0 Å². The molecule has 1 aliphatic rings. The fourth-order valence-corrected chi connectivity index (χ4v) is 2.56. The van der Waals surface area contributed by atoms with E-state index in [-0.39, 0.29) is 11.2 Å². The Bertz CT molecular complexity index is 204. The molecule has 0 aromatic rings. The minimum absolute atomic E-state index is 0.108. The maximum Gasteiger partial charge on any atom is 0.0661 e. The average Bonchev–Trinajstić information content (AvgIpc) is 2.14. The summed E-state index contributed by atoms with van der Waals surface area (Å²) in [7, 11) is 0. The first kappa shape index (κ1) is 12.0. The van der Waals surface area contributed by atoms with Gasteiger partial charge in [-0.1, -0.05) is 20.8 Å². The van der Waals surface area contributed by atoms with Gasteiger partial charge in [-0.05, 0) is 39.5 Å². The van der Waals surface area contributed by atoms with Crippen LogP contribution in [0.4, 0.5) is 0 Å². The molecule has 0 radical (unpaired) electrons. The van der Waals surface area contributed by atoms with Gasteiger partial charge in [0.25, 0.3) is 0 Å². The van der Waals surface area contributed by atoms with Crippen molar-refractivity contribution in [1.82, 2.24) is 10.6 Å². The fraction of sp³-hybridized carbons (Fsp3) is 1.00. The summed E-state index contributed by atoms with van der Waals surface area (Å²) in [4.78, 5) is 0. The predicted octanol–water partition coefficient (Wildman–Crippen LogP) is 2.50. The maximum absolute atomic E-state index is 3.77. The van der Waals surface area contributed by atoms with Gasteiger partial charge in [0.2, 0.25) is 0 Å². The van der Waals surface area contributed by atoms with Crippen LogP contribution in [0, 0.1) is 5.92 Å². The van der Waals surface area contributed by atoms with Crippen LogP contribution in [0.2, 0.25) is 0 Å². The zero-order chi connectivity index (χ0) is 11.0. The Morgan fingerprint density at radius 2 is 1.64 bits per heavy atom. The summed E-state index contributed by atoms with van der Waals surface area (Å²) >= 11 is 0. The molecule has 4 atom stereocenters. The van der Waals surface area contributed by atoms with Crippen LogP contribution in [0.15, 0.2) is 0 Å². The summed E-state index contributed by atoms with van der Waals surface area (Å²) < 4.78 is 0. The molecule has 2 N–H and O–H groups in total. The van der Waals surface area contributed by atoms with Crippen molar-refractivity contribution in [2.45, 2.75) is 71.6 Å². The molecule has 14 heavy (non-hydrogen) atoms. The molecule has 0 spiro atoms. The Morgan fingerprint density at radius 3 is 2.07 bits per heavy atom. The lowest BCUT2D eigenvalue weighted by molar-refractivity contribution is 0.0466. The molecule has 1 rings (SSSR count). The summed E-state index contributed by atoms with van der Waals surface area (Å²) in [5.74, 6) is 0.673. The summed E-state index contributed by atoms with van der Waals surface area (Å²) in [6, 6.07) is 0.589. The third-order valence-electron chi connectivity index (χ3n) is 4.30. The van der Waals surface area contributed by atoms with Crippen LogP contribution in [-0.2, 0) is 0 Å². The monoisotopic (exact) mass is 198 g/mol.